The second-order valence-corrected chi connectivity index (χ2v) is 7.64. The number of hydrogen-bond donors (Lipinski definition) is 1. The molecule has 3 fully saturated rings. The van der Waals surface area contributed by atoms with Gasteiger partial charge in [0, 0.05) is 13.1 Å². The lowest BCUT2D eigenvalue weighted by atomic mass is 9.70. The van der Waals surface area contributed by atoms with Gasteiger partial charge in [-0.25, -0.2) is 0 Å². The second-order valence-electron chi connectivity index (χ2n) is 7.64. The molecule has 1 aliphatic heterocycles. The summed E-state index contributed by atoms with van der Waals surface area (Å²) >= 11 is 0. The fourth-order valence-electron chi connectivity index (χ4n) is 5.05. The maximum atomic E-state index is 10.8. The van der Waals surface area contributed by atoms with Gasteiger partial charge in [0.25, 0.3) is 0 Å². The Morgan fingerprint density at radius 1 is 1.21 bits per heavy atom. The van der Waals surface area contributed by atoms with Gasteiger partial charge in [-0.15, -0.1) is 0 Å². The standard InChI is InChI=1S/C16H29NO2/c1-15(2)13-4-6-16(15,3)14(18)12(13)5-7-17-8-10-19-11-9-17/h12-14,18H,4-11H2,1-3H3/t12-,13-,14-,16+/m1/s1. The van der Waals surface area contributed by atoms with Gasteiger partial charge in [0.1, 0.15) is 0 Å². The van der Waals surface area contributed by atoms with E-state index in [9.17, 15) is 5.11 Å². The van der Waals surface area contributed by atoms with Crippen molar-refractivity contribution in [3.8, 4) is 0 Å². The van der Waals surface area contributed by atoms with E-state index in [0.717, 1.165) is 39.3 Å². The van der Waals surface area contributed by atoms with Crippen LogP contribution in [0, 0.1) is 22.7 Å². The van der Waals surface area contributed by atoms with Crippen LogP contribution in [0.25, 0.3) is 0 Å². The third-order valence-corrected chi connectivity index (χ3v) is 6.83. The lowest BCUT2D eigenvalue weighted by Crippen LogP contribution is -2.40. The van der Waals surface area contributed by atoms with Crippen LogP contribution in [0.4, 0.5) is 0 Å². The van der Waals surface area contributed by atoms with E-state index in [-0.39, 0.29) is 11.5 Å². The molecule has 0 unspecified atom stereocenters. The molecule has 3 aliphatic rings. The molecule has 2 bridgehead atoms. The first-order valence-electron chi connectivity index (χ1n) is 7.95. The molecular weight excluding hydrogens is 238 g/mol. The van der Waals surface area contributed by atoms with E-state index >= 15 is 0 Å². The van der Waals surface area contributed by atoms with Crippen LogP contribution in [0.1, 0.15) is 40.0 Å². The molecule has 0 aromatic heterocycles. The molecule has 2 saturated carbocycles. The van der Waals surface area contributed by atoms with E-state index in [1.54, 1.807) is 0 Å². The zero-order chi connectivity index (χ0) is 13.7. The Bertz CT molecular complexity index is 338. The van der Waals surface area contributed by atoms with Crippen molar-refractivity contribution in [2.75, 3.05) is 32.8 Å². The van der Waals surface area contributed by atoms with E-state index in [1.807, 2.05) is 0 Å². The largest absolute Gasteiger partial charge is 0.392 e. The molecule has 0 radical (unpaired) electrons. The number of ether oxygens (including phenoxy) is 1. The Labute approximate surface area is 117 Å². The quantitative estimate of drug-likeness (QED) is 0.850. The first-order valence-corrected chi connectivity index (χ1v) is 7.95. The molecule has 0 aromatic carbocycles. The maximum Gasteiger partial charge on any atom is 0.0630 e. The van der Waals surface area contributed by atoms with Gasteiger partial charge in [0.2, 0.25) is 0 Å². The Morgan fingerprint density at radius 3 is 2.47 bits per heavy atom. The highest BCUT2D eigenvalue weighted by Gasteiger charge is 2.65. The van der Waals surface area contributed by atoms with Crippen molar-refractivity contribution in [1.82, 2.24) is 4.90 Å². The van der Waals surface area contributed by atoms with Crippen molar-refractivity contribution in [3.05, 3.63) is 0 Å². The van der Waals surface area contributed by atoms with Gasteiger partial charge in [-0.1, -0.05) is 20.8 Å². The first kappa shape index (κ1) is 13.8. The highest BCUT2D eigenvalue weighted by Crippen LogP contribution is 2.68. The minimum atomic E-state index is -0.0951. The average molecular weight is 267 g/mol. The van der Waals surface area contributed by atoms with Gasteiger partial charge in [0.05, 0.1) is 19.3 Å². The predicted molar refractivity (Wildman–Crippen MR) is 76.0 cm³/mol. The number of aliphatic hydroxyl groups excluding tert-OH is 1. The van der Waals surface area contributed by atoms with E-state index in [0.29, 0.717) is 17.3 Å². The molecular formula is C16H29NO2. The fraction of sp³-hybridized carbons (Fsp3) is 1.00. The smallest absolute Gasteiger partial charge is 0.0630 e. The predicted octanol–water partition coefficient (Wildman–Crippen LogP) is 2.14. The Morgan fingerprint density at radius 2 is 1.89 bits per heavy atom. The van der Waals surface area contributed by atoms with Crippen LogP contribution in [0.5, 0.6) is 0 Å². The van der Waals surface area contributed by atoms with Crippen LogP contribution in [-0.2, 0) is 4.74 Å². The molecule has 1 saturated heterocycles. The van der Waals surface area contributed by atoms with E-state index in [2.05, 4.69) is 25.7 Å². The highest BCUT2D eigenvalue weighted by atomic mass is 16.5. The van der Waals surface area contributed by atoms with Crippen molar-refractivity contribution in [1.29, 1.82) is 0 Å². The number of rotatable bonds is 3. The normalized spacial score (nSPS) is 45.8. The zero-order valence-electron chi connectivity index (χ0n) is 12.7. The van der Waals surface area contributed by atoms with E-state index < -0.39 is 0 Å². The summed E-state index contributed by atoms with van der Waals surface area (Å²) in [6.07, 6.45) is 3.58. The lowest BCUT2D eigenvalue weighted by Gasteiger charge is -2.37. The molecule has 3 rings (SSSR count). The Balaban J connectivity index is 1.63. The number of nitrogens with zero attached hydrogens (tertiary/aromatic N) is 1. The van der Waals surface area contributed by atoms with Crippen molar-refractivity contribution < 1.29 is 9.84 Å². The summed E-state index contributed by atoms with van der Waals surface area (Å²) in [5.41, 5.74) is 0.454. The topological polar surface area (TPSA) is 32.7 Å². The molecule has 0 amide bonds. The van der Waals surface area contributed by atoms with Crippen molar-refractivity contribution in [3.63, 3.8) is 0 Å². The van der Waals surface area contributed by atoms with E-state index in [1.165, 1.54) is 12.8 Å². The minimum Gasteiger partial charge on any atom is -0.392 e. The molecule has 110 valence electrons. The second kappa shape index (κ2) is 4.71. The van der Waals surface area contributed by atoms with Gasteiger partial charge in [-0.3, -0.25) is 4.90 Å². The Hall–Kier alpha value is -0.120. The summed E-state index contributed by atoms with van der Waals surface area (Å²) < 4.78 is 5.40. The summed E-state index contributed by atoms with van der Waals surface area (Å²) in [4.78, 5) is 2.50. The minimum absolute atomic E-state index is 0.0951. The monoisotopic (exact) mass is 267 g/mol. The number of aliphatic hydroxyl groups is 1. The first-order chi connectivity index (χ1) is 8.97. The third-order valence-electron chi connectivity index (χ3n) is 6.83. The molecule has 1 N–H and O–H groups in total. The molecule has 0 aromatic rings. The summed E-state index contributed by atoms with van der Waals surface area (Å²) in [6, 6.07) is 0. The molecule has 1 heterocycles. The molecule has 4 atom stereocenters. The van der Waals surface area contributed by atoms with Gasteiger partial charge < -0.3 is 9.84 Å². The van der Waals surface area contributed by atoms with Gasteiger partial charge >= 0.3 is 0 Å². The summed E-state index contributed by atoms with van der Waals surface area (Å²) in [7, 11) is 0. The average Bonchev–Trinajstić information content (AvgIpc) is 2.70. The number of morpholine rings is 1. The SMILES string of the molecule is CC1(C)[C@@H]2CC[C@@]1(C)[C@H](O)[C@@H]2CCN1CCOCC1. The fourth-order valence-corrected chi connectivity index (χ4v) is 5.05. The van der Waals surface area contributed by atoms with E-state index in [4.69, 9.17) is 4.74 Å². The van der Waals surface area contributed by atoms with Crippen molar-refractivity contribution >= 4 is 0 Å². The van der Waals surface area contributed by atoms with Gasteiger partial charge in [-0.05, 0) is 48.5 Å². The molecule has 19 heavy (non-hydrogen) atoms. The third kappa shape index (κ3) is 1.97. The lowest BCUT2D eigenvalue weighted by molar-refractivity contribution is -0.0179. The van der Waals surface area contributed by atoms with Crippen LogP contribution in [0.3, 0.4) is 0 Å². The van der Waals surface area contributed by atoms with Gasteiger partial charge in [0.15, 0.2) is 0 Å². The Kier molecular flexibility index (Phi) is 3.43. The maximum absolute atomic E-state index is 10.8. The molecule has 3 nitrogen and oxygen atoms in total. The van der Waals surface area contributed by atoms with Crippen molar-refractivity contribution in [2.45, 2.75) is 46.1 Å². The van der Waals surface area contributed by atoms with Crippen LogP contribution in [0.15, 0.2) is 0 Å². The van der Waals surface area contributed by atoms with Crippen LogP contribution in [0.2, 0.25) is 0 Å². The molecule has 2 aliphatic carbocycles. The van der Waals surface area contributed by atoms with Crippen LogP contribution < -0.4 is 0 Å². The highest BCUT2D eigenvalue weighted by molar-refractivity contribution is 5.14. The van der Waals surface area contributed by atoms with Crippen LogP contribution in [-0.4, -0.2) is 49.0 Å². The van der Waals surface area contributed by atoms with Crippen LogP contribution >= 0.6 is 0 Å². The molecule has 3 heteroatoms. The van der Waals surface area contributed by atoms with Gasteiger partial charge in [-0.2, -0.15) is 0 Å². The van der Waals surface area contributed by atoms with Crippen molar-refractivity contribution in [2.24, 2.45) is 22.7 Å². The zero-order valence-corrected chi connectivity index (χ0v) is 12.7. The number of hydrogen-bond acceptors (Lipinski definition) is 3. The summed E-state index contributed by atoms with van der Waals surface area (Å²) in [5, 5.41) is 10.8. The number of fused-ring (bicyclic) bond motifs is 2. The molecule has 0 spiro atoms. The summed E-state index contributed by atoms with van der Waals surface area (Å²) in [5.74, 6) is 1.23. The summed E-state index contributed by atoms with van der Waals surface area (Å²) in [6.45, 7) is 12.1.